The van der Waals surface area contributed by atoms with Gasteiger partial charge in [-0.2, -0.15) is 0 Å². The first-order valence-electron chi connectivity index (χ1n) is 6.30. The molecule has 0 saturated heterocycles. The van der Waals surface area contributed by atoms with Crippen LogP contribution in [0.5, 0.6) is 0 Å². The molecule has 1 aromatic heterocycles. The molecule has 106 valence electrons. The van der Waals surface area contributed by atoms with Crippen molar-refractivity contribution in [1.82, 2.24) is 15.0 Å². The molecule has 0 amide bonds. The first-order chi connectivity index (χ1) is 8.96. The summed E-state index contributed by atoms with van der Waals surface area (Å²) >= 11 is 0. The first-order valence-corrected chi connectivity index (χ1v) is 8.12. The van der Waals surface area contributed by atoms with Gasteiger partial charge in [0, 0.05) is 0 Å². The van der Waals surface area contributed by atoms with E-state index in [9.17, 15) is 13.2 Å². The van der Waals surface area contributed by atoms with Crippen molar-refractivity contribution in [3.8, 4) is 0 Å². The lowest BCUT2D eigenvalue weighted by atomic mass is 10.1. The minimum absolute atomic E-state index is 0.0219. The zero-order valence-electron chi connectivity index (χ0n) is 10.5. The third-order valence-electron chi connectivity index (χ3n) is 3.35. The van der Waals surface area contributed by atoms with Crippen molar-refractivity contribution in [1.29, 1.82) is 0 Å². The summed E-state index contributed by atoms with van der Waals surface area (Å²) < 4.78 is 25.1. The number of carboxylic acid groups (broad SMARTS) is 1. The van der Waals surface area contributed by atoms with Gasteiger partial charge in [0.2, 0.25) is 0 Å². The Labute approximate surface area is 111 Å². The van der Waals surface area contributed by atoms with Crippen LogP contribution in [0.25, 0.3) is 0 Å². The lowest BCUT2D eigenvalue weighted by Crippen LogP contribution is -2.20. The smallest absolute Gasteiger partial charge is 0.358 e. The maximum absolute atomic E-state index is 11.9. The van der Waals surface area contributed by atoms with Gasteiger partial charge in [0.25, 0.3) is 0 Å². The van der Waals surface area contributed by atoms with Crippen LogP contribution < -0.4 is 0 Å². The number of rotatable bonds is 6. The van der Waals surface area contributed by atoms with E-state index >= 15 is 0 Å². The minimum Gasteiger partial charge on any atom is -0.476 e. The molecule has 0 aromatic carbocycles. The quantitative estimate of drug-likeness (QED) is 0.821. The van der Waals surface area contributed by atoms with Crippen LogP contribution in [0.1, 0.15) is 36.2 Å². The Bertz CT molecular complexity index is 546. The Kier molecular flexibility index (Phi) is 4.18. The summed E-state index contributed by atoms with van der Waals surface area (Å²) in [5.74, 6) is -0.672. The van der Waals surface area contributed by atoms with Crippen LogP contribution in [0, 0.1) is 5.92 Å². The van der Waals surface area contributed by atoms with Gasteiger partial charge in [0.1, 0.15) is 0 Å². The van der Waals surface area contributed by atoms with E-state index in [2.05, 4.69) is 10.3 Å². The van der Waals surface area contributed by atoms with Crippen molar-refractivity contribution < 1.29 is 18.3 Å². The monoisotopic (exact) mass is 287 g/mol. The van der Waals surface area contributed by atoms with E-state index in [-0.39, 0.29) is 29.7 Å². The number of nitrogens with zero attached hydrogens (tertiary/aromatic N) is 3. The largest absolute Gasteiger partial charge is 0.476 e. The van der Waals surface area contributed by atoms with Crippen molar-refractivity contribution in [2.45, 2.75) is 32.2 Å². The molecule has 19 heavy (non-hydrogen) atoms. The summed E-state index contributed by atoms with van der Waals surface area (Å²) in [6.07, 6.45) is 5.46. The van der Waals surface area contributed by atoms with E-state index in [1.807, 2.05) is 0 Å². The Morgan fingerprint density at radius 1 is 1.42 bits per heavy atom. The number of sulfone groups is 1. The Hall–Kier alpha value is -1.44. The molecule has 1 fully saturated rings. The van der Waals surface area contributed by atoms with Crippen molar-refractivity contribution in [2.24, 2.45) is 5.92 Å². The Morgan fingerprint density at radius 3 is 2.68 bits per heavy atom. The molecule has 0 bridgehead atoms. The lowest BCUT2D eigenvalue weighted by Gasteiger charge is -2.09. The van der Waals surface area contributed by atoms with Gasteiger partial charge >= 0.3 is 5.97 Å². The van der Waals surface area contributed by atoms with E-state index in [0.717, 1.165) is 25.7 Å². The molecule has 0 radical (unpaired) electrons. The maximum atomic E-state index is 11.9. The van der Waals surface area contributed by atoms with E-state index < -0.39 is 15.8 Å². The van der Waals surface area contributed by atoms with Crippen molar-refractivity contribution in [3.63, 3.8) is 0 Å². The lowest BCUT2D eigenvalue weighted by molar-refractivity contribution is 0.0690. The van der Waals surface area contributed by atoms with Gasteiger partial charge < -0.3 is 5.11 Å². The zero-order valence-corrected chi connectivity index (χ0v) is 11.3. The molecule has 2 rings (SSSR count). The molecule has 1 heterocycles. The summed E-state index contributed by atoms with van der Waals surface area (Å²) in [4.78, 5) is 10.6. The van der Waals surface area contributed by atoms with Gasteiger partial charge in [-0.1, -0.05) is 18.1 Å². The highest BCUT2D eigenvalue weighted by molar-refractivity contribution is 7.91. The molecule has 1 aliphatic carbocycles. The molecule has 0 aliphatic heterocycles. The second-order valence-electron chi connectivity index (χ2n) is 4.94. The van der Waals surface area contributed by atoms with E-state index in [0.29, 0.717) is 0 Å². The molecular formula is C11H17N3O4S. The normalized spacial score (nSPS) is 16.8. The highest BCUT2D eigenvalue weighted by Crippen LogP contribution is 2.26. The van der Waals surface area contributed by atoms with E-state index in [1.165, 1.54) is 10.9 Å². The Morgan fingerprint density at radius 2 is 2.11 bits per heavy atom. The number of aromatic nitrogens is 3. The topological polar surface area (TPSA) is 102 Å². The fourth-order valence-electron chi connectivity index (χ4n) is 2.36. The van der Waals surface area contributed by atoms with Crippen LogP contribution >= 0.6 is 0 Å². The molecule has 1 saturated carbocycles. The predicted molar refractivity (Wildman–Crippen MR) is 67.6 cm³/mol. The number of aromatic carboxylic acids is 1. The zero-order chi connectivity index (χ0) is 13.9. The number of aryl methyl sites for hydroxylation is 1. The molecule has 0 spiro atoms. The third-order valence-corrected chi connectivity index (χ3v) is 5.14. The van der Waals surface area contributed by atoms with Gasteiger partial charge in [-0.25, -0.2) is 13.2 Å². The fraction of sp³-hybridized carbons (Fsp3) is 0.727. The van der Waals surface area contributed by atoms with Crippen molar-refractivity contribution in [3.05, 3.63) is 11.9 Å². The van der Waals surface area contributed by atoms with Gasteiger partial charge in [-0.3, -0.25) is 4.68 Å². The average Bonchev–Trinajstić information content (AvgIpc) is 2.96. The summed E-state index contributed by atoms with van der Waals surface area (Å²) in [7, 11) is -3.11. The summed E-state index contributed by atoms with van der Waals surface area (Å²) in [5.41, 5.74) is -0.173. The van der Waals surface area contributed by atoms with Gasteiger partial charge in [-0.05, 0) is 18.8 Å². The number of hydrogen-bond donors (Lipinski definition) is 1. The highest BCUT2D eigenvalue weighted by Gasteiger charge is 2.22. The van der Waals surface area contributed by atoms with Crippen LogP contribution in [0.2, 0.25) is 0 Å². The van der Waals surface area contributed by atoms with Gasteiger partial charge in [0.15, 0.2) is 15.5 Å². The van der Waals surface area contributed by atoms with Gasteiger partial charge in [0.05, 0.1) is 24.2 Å². The van der Waals surface area contributed by atoms with Crippen molar-refractivity contribution >= 4 is 15.8 Å². The molecule has 7 nitrogen and oxygen atoms in total. The highest BCUT2D eigenvalue weighted by atomic mass is 32.2. The molecule has 1 N–H and O–H groups in total. The van der Waals surface area contributed by atoms with E-state index in [1.54, 1.807) is 0 Å². The van der Waals surface area contributed by atoms with Crippen LogP contribution in [0.4, 0.5) is 0 Å². The molecular weight excluding hydrogens is 270 g/mol. The van der Waals surface area contributed by atoms with E-state index in [4.69, 9.17) is 5.11 Å². The average molecular weight is 287 g/mol. The SMILES string of the molecule is O=C(O)c1cn(CCS(=O)(=O)CC2CCCC2)nn1. The number of hydrogen-bond acceptors (Lipinski definition) is 5. The third kappa shape index (κ3) is 4.02. The summed E-state index contributed by atoms with van der Waals surface area (Å²) in [6, 6.07) is 0. The van der Waals surface area contributed by atoms with Gasteiger partial charge in [-0.15, -0.1) is 5.10 Å². The van der Waals surface area contributed by atoms with Crippen molar-refractivity contribution in [2.75, 3.05) is 11.5 Å². The molecule has 0 atom stereocenters. The standard InChI is InChI=1S/C11H17N3O4S/c15-11(16)10-7-14(13-12-10)5-6-19(17,18)8-9-3-1-2-4-9/h7,9H,1-6,8H2,(H,15,16). The fourth-order valence-corrected chi connectivity index (χ4v) is 4.04. The van der Waals surface area contributed by atoms with Crippen LogP contribution in [0.15, 0.2) is 6.20 Å². The second-order valence-corrected chi connectivity index (χ2v) is 7.17. The molecule has 0 unspecified atom stereocenters. The predicted octanol–water partition coefficient (Wildman–Crippen LogP) is 0.581. The van der Waals surface area contributed by atoms with Crippen LogP contribution in [0.3, 0.4) is 0 Å². The Balaban J connectivity index is 1.87. The minimum atomic E-state index is -3.11. The van der Waals surface area contributed by atoms with Crippen LogP contribution in [-0.4, -0.2) is 46.0 Å². The second kappa shape index (κ2) is 5.68. The van der Waals surface area contributed by atoms with Crippen LogP contribution in [-0.2, 0) is 16.4 Å². The first kappa shape index (κ1) is 14.0. The molecule has 1 aliphatic rings. The summed E-state index contributed by atoms with van der Waals surface area (Å²) in [6.45, 7) is 0.148. The number of carbonyl (C=O) groups is 1. The maximum Gasteiger partial charge on any atom is 0.358 e. The molecule has 1 aromatic rings. The summed E-state index contributed by atoms with van der Waals surface area (Å²) in [5, 5.41) is 15.7. The molecule has 8 heteroatoms. The number of carboxylic acids is 1.